The molecule has 23 heavy (non-hydrogen) atoms. The van der Waals surface area contributed by atoms with Gasteiger partial charge in [-0.25, -0.2) is 0 Å². The van der Waals surface area contributed by atoms with Gasteiger partial charge in [0.25, 0.3) is 0 Å². The van der Waals surface area contributed by atoms with Gasteiger partial charge in [-0.1, -0.05) is 60.7 Å². The predicted octanol–water partition coefficient (Wildman–Crippen LogP) is 4.02. The molecule has 3 heteroatoms. The van der Waals surface area contributed by atoms with Crippen LogP contribution in [-0.4, -0.2) is 22.6 Å². The van der Waals surface area contributed by atoms with E-state index in [0.29, 0.717) is 18.5 Å². The fraction of sp³-hybridized carbons (Fsp3) is 0.150. The van der Waals surface area contributed by atoms with Crippen molar-refractivity contribution in [2.45, 2.75) is 13.0 Å². The molecule has 0 atom stereocenters. The molecule has 3 aromatic rings. The Morgan fingerprint density at radius 2 is 1.52 bits per heavy atom. The molecule has 0 aliphatic carbocycles. The molecule has 0 bridgehead atoms. The van der Waals surface area contributed by atoms with Crippen molar-refractivity contribution in [3.05, 3.63) is 72.4 Å². The van der Waals surface area contributed by atoms with E-state index >= 15 is 0 Å². The van der Waals surface area contributed by atoms with Crippen LogP contribution in [0, 0.1) is 0 Å². The highest BCUT2D eigenvalue weighted by Crippen LogP contribution is 2.36. The van der Waals surface area contributed by atoms with Gasteiger partial charge in [-0.2, -0.15) is 0 Å². The average Bonchev–Trinajstić information content (AvgIpc) is 3.00. The largest absolute Gasteiger partial charge is 0.396 e. The Balaban J connectivity index is 2.24. The number of aliphatic hydroxyl groups is 1. The molecule has 0 aliphatic heterocycles. The molecular weight excluding hydrogens is 286 g/mol. The van der Waals surface area contributed by atoms with Crippen LogP contribution in [0.4, 0.5) is 0 Å². The first-order valence-corrected chi connectivity index (χ1v) is 7.75. The molecule has 116 valence electrons. The zero-order chi connectivity index (χ0) is 16.1. The molecular formula is C20H19NO2. The lowest BCUT2D eigenvalue weighted by Gasteiger charge is -2.12. The molecule has 1 N–H and O–H groups in total. The van der Waals surface area contributed by atoms with E-state index in [2.05, 4.69) is 4.57 Å². The van der Waals surface area contributed by atoms with Crippen molar-refractivity contribution in [2.75, 3.05) is 6.61 Å². The molecule has 0 spiro atoms. The first kappa shape index (κ1) is 15.3. The lowest BCUT2D eigenvalue weighted by atomic mass is 9.98. The zero-order valence-corrected chi connectivity index (χ0v) is 12.9. The average molecular weight is 305 g/mol. The van der Waals surface area contributed by atoms with Gasteiger partial charge in [-0.15, -0.1) is 0 Å². The Morgan fingerprint density at radius 3 is 2.09 bits per heavy atom. The number of hydrogen-bond donors (Lipinski definition) is 1. The number of nitrogens with zero attached hydrogens (tertiary/aromatic N) is 1. The van der Waals surface area contributed by atoms with E-state index in [0.717, 1.165) is 28.7 Å². The lowest BCUT2D eigenvalue weighted by Crippen LogP contribution is -2.01. The van der Waals surface area contributed by atoms with Crippen molar-refractivity contribution in [3.63, 3.8) is 0 Å². The zero-order valence-electron chi connectivity index (χ0n) is 12.9. The number of aldehydes is 1. The van der Waals surface area contributed by atoms with Gasteiger partial charge in [0, 0.05) is 30.5 Å². The number of aliphatic hydroxyl groups excluding tert-OH is 1. The highest BCUT2D eigenvalue weighted by Gasteiger charge is 2.18. The topological polar surface area (TPSA) is 42.2 Å². The van der Waals surface area contributed by atoms with Crippen molar-refractivity contribution < 1.29 is 9.90 Å². The minimum Gasteiger partial charge on any atom is -0.396 e. The molecule has 0 saturated carbocycles. The molecule has 0 aliphatic rings. The van der Waals surface area contributed by atoms with Crippen LogP contribution in [0.1, 0.15) is 16.8 Å². The molecule has 1 aromatic heterocycles. The third-order valence-electron chi connectivity index (χ3n) is 3.90. The van der Waals surface area contributed by atoms with Crippen molar-refractivity contribution in [1.29, 1.82) is 0 Å². The van der Waals surface area contributed by atoms with Crippen LogP contribution in [0.25, 0.3) is 22.4 Å². The molecule has 1 heterocycles. The quantitative estimate of drug-likeness (QED) is 0.699. The summed E-state index contributed by atoms with van der Waals surface area (Å²) in [7, 11) is 0. The SMILES string of the molecule is O=Cc1cn(CCCO)c(-c2ccccc2)c1-c1ccccc1. The van der Waals surface area contributed by atoms with Gasteiger partial charge in [0.1, 0.15) is 0 Å². The van der Waals surface area contributed by atoms with Crippen LogP contribution in [0.5, 0.6) is 0 Å². The Hall–Kier alpha value is -2.65. The third-order valence-corrected chi connectivity index (χ3v) is 3.90. The summed E-state index contributed by atoms with van der Waals surface area (Å²) in [6, 6.07) is 20.0. The van der Waals surface area contributed by atoms with Crippen molar-refractivity contribution in [3.8, 4) is 22.4 Å². The summed E-state index contributed by atoms with van der Waals surface area (Å²) in [6.45, 7) is 0.803. The Bertz CT molecular complexity index is 776. The Morgan fingerprint density at radius 1 is 0.913 bits per heavy atom. The predicted molar refractivity (Wildman–Crippen MR) is 92.4 cm³/mol. The minimum absolute atomic E-state index is 0.128. The maximum absolute atomic E-state index is 11.6. The van der Waals surface area contributed by atoms with Gasteiger partial charge >= 0.3 is 0 Å². The van der Waals surface area contributed by atoms with Crippen molar-refractivity contribution >= 4 is 6.29 Å². The maximum atomic E-state index is 11.6. The van der Waals surface area contributed by atoms with Crippen molar-refractivity contribution in [2.24, 2.45) is 0 Å². The number of carbonyl (C=O) groups is 1. The van der Waals surface area contributed by atoms with Crippen LogP contribution in [0.15, 0.2) is 66.9 Å². The summed E-state index contributed by atoms with van der Waals surface area (Å²) in [5, 5.41) is 9.16. The molecule has 2 aromatic carbocycles. The second kappa shape index (κ2) is 7.07. The van der Waals surface area contributed by atoms with E-state index in [4.69, 9.17) is 5.11 Å². The van der Waals surface area contributed by atoms with Crippen LogP contribution < -0.4 is 0 Å². The molecule has 0 amide bonds. The third kappa shape index (κ3) is 3.10. The standard InChI is InChI=1S/C20H19NO2/c22-13-7-12-21-14-18(15-23)19(16-8-3-1-4-9-16)20(21)17-10-5-2-6-11-17/h1-6,8-11,14-15,22H,7,12-13H2. The van der Waals surface area contributed by atoms with Crippen LogP contribution in [0.3, 0.4) is 0 Å². The fourth-order valence-electron chi connectivity index (χ4n) is 2.90. The van der Waals surface area contributed by atoms with Gasteiger partial charge in [-0.05, 0) is 17.5 Å². The Kier molecular flexibility index (Phi) is 4.69. The van der Waals surface area contributed by atoms with E-state index < -0.39 is 0 Å². The van der Waals surface area contributed by atoms with Crippen LogP contribution >= 0.6 is 0 Å². The summed E-state index contributed by atoms with van der Waals surface area (Å²) >= 11 is 0. The summed E-state index contributed by atoms with van der Waals surface area (Å²) < 4.78 is 2.07. The number of hydrogen-bond acceptors (Lipinski definition) is 2. The van der Waals surface area contributed by atoms with E-state index in [1.54, 1.807) is 0 Å². The van der Waals surface area contributed by atoms with E-state index in [9.17, 15) is 4.79 Å². The minimum atomic E-state index is 0.128. The Labute approximate surface area is 135 Å². The first-order valence-electron chi connectivity index (χ1n) is 7.75. The monoisotopic (exact) mass is 305 g/mol. The highest BCUT2D eigenvalue weighted by atomic mass is 16.3. The first-order chi connectivity index (χ1) is 11.3. The van der Waals surface area contributed by atoms with Crippen LogP contribution in [0.2, 0.25) is 0 Å². The second-order valence-electron chi connectivity index (χ2n) is 5.43. The fourth-order valence-corrected chi connectivity index (χ4v) is 2.90. The second-order valence-corrected chi connectivity index (χ2v) is 5.43. The number of aromatic nitrogens is 1. The summed E-state index contributed by atoms with van der Waals surface area (Å²) in [5.41, 5.74) is 4.73. The highest BCUT2D eigenvalue weighted by molar-refractivity contribution is 5.95. The van der Waals surface area contributed by atoms with Gasteiger partial charge in [-0.3, -0.25) is 4.79 Å². The normalized spacial score (nSPS) is 10.7. The van der Waals surface area contributed by atoms with Crippen LogP contribution in [-0.2, 0) is 6.54 Å². The van der Waals surface area contributed by atoms with Gasteiger partial charge in [0.15, 0.2) is 6.29 Å². The number of aryl methyl sites for hydroxylation is 1. The number of rotatable bonds is 6. The molecule has 0 saturated heterocycles. The molecule has 3 nitrogen and oxygen atoms in total. The maximum Gasteiger partial charge on any atom is 0.152 e. The molecule has 3 rings (SSSR count). The van der Waals surface area contributed by atoms with Gasteiger partial charge in [0.05, 0.1) is 5.69 Å². The summed E-state index contributed by atoms with van der Waals surface area (Å²) in [4.78, 5) is 11.6. The summed E-state index contributed by atoms with van der Waals surface area (Å²) in [6.07, 6.45) is 3.44. The number of benzene rings is 2. The van der Waals surface area contributed by atoms with E-state index in [1.165, 1.54) is 0 Å². The lowest BCUT2D eigenvalue weighted by molar-refractivity contribution is 0.112. The van der Waals surface area contributed by atoms with Gasteiger partial charge in [0.2, 0.25) is 0 Å². The van der Waals surface area contributed by atoms with E-state index in [1.807, 2.05) is 66.9 Å². The molecule has 0 radical (unpaired) electrons. The molecule has 0 unspecified atom stereocenters. The summed E-state index contributed by atoms with van der Waals surface area (Å²) in [5.74, 6) is 0. The van der Waals surface area contributed by atoms with Crippen molar-refractivity contribution in [1.82, 2.24) is 4.57 Å². The number of carbonyl (C=O) groups excluding carboxylic acids is 1. The van der Waals surface area contributed by atoms with E-state index in [-0.39, 0.29) is 6.61 Å². The van der Waals surface area contributed by atoms with Gasteiger partial charge < -0.3 is 9.67 Å². The smallest absolute Gasteiger partial charge is 0.152 e. The molecule has 0 fully saturated rings.